The monoisotopic (exact) mass is 260 g/mol. The first-order valence-corrected chi connectivity index (χ1v) is 6.61. The second-order valence-corrected chi connectivity index (χ2v) is 4.60. The Balaban J connectivity index is 2.37. The number of benzene rings is 1. The van der Waals surface area contributed by atoms with Crippen molar-refractivity contribution < 1.29 is 4.79 Å². The summed E-state index contributed by atoms with van der Waals surface area (Å²) in [7, 11) is 1.65. The Hall–Kier alpha value is -2.04. The number of aryl methyl sites for hydroxylation is 2. The highest BCUT2D eigenvalue weighted by Crippen LogP contribution is 2.20. The summed E-state index contributed by atoms with van der Waals surface area (Å²) >= 11 is 0. The minimum Gasteiger partial charge on any atom is -0.399 e. The Morgan fingerprint density at radius 1 is 1.47 bits per heavy atom. The summed E-state index contributed by atoms with van der Waals surface area (Å²) in [5.74, 6) is 1.06. The van der Waals surface area contributed by atoms with Gasteiger partial charge in [0.2, 0.25) is 5.91 Å². The molecule has 3 N–H and O–H groups in total. The molecule has 1 amide bonds. The smallest absolute Gasteiger partial charge is 0.221 e. The van der Waals surface area contributed by atoms with Gasteiger partial charge in [0.25, 0.3) is 0 Å². The number of carbonyl (C=O) groups excluding carboxylic acids is 1. The van der Waals surface area contributed by atoms with Crippen LogP contribution in [0.5, 0.6) is 0 Å². The quantitative estimate of drug-likeness (QED) is 0.804. The fraction of sp³-hybridized carbons (Fsp3) is 0.429. The Bertz CT molecular complexity index is 588. The van der Waals surface area contributed by atoms with Gasteiger partial charge in [-0.15, -0.1) is 0 Å². The lowest BCUT2D eigenvalue weighted by Crippen LogP contribution is -2.20. The number of nitrogens with zero attached hydrogens (tertiary/aromatic N) is 2. The van der Waals surface area contributed by atoms with Crippen molar-refractivity contribution in [1.82, 2.24) is 14.9 Å². The number of hydrogen-bond donors (Lipinski definition) is 2. The van der Waals surface area contributed by atoms with Gasteiger partial charge in [-0.25, -0.2) is 4.98 Å². The molecule has 0 radical (unpaired) electrons. The van der Waals surface area contributed by atoms with Crippen LogP contribution in [0, 0.1) is 0 Å². The molecule has 5 heteroatoms. The van der Waals surface area contributed by atoms with Crippen molar-refractivity contribution in [3.8, 4) is 0 Å². The van der Waals surface area contributed by atoms with E-state index < -0.39 is 0 Å². The summed E-state index contributed by atoms with van der Waals surface area (Å²) < 4.78 is 2.12. The highest BCUT2D eigenvalue weighted by atomic mass is 16.1. The van der Waals surface area contributed by atoms with E-state index in [9.17, 15) is 4.79 Å². The topological polar surface area (TPSA) is 72.9 Å². The molecule has 0 bridgehead atoms. The summed E-state index contributed by atoms with van der Waals surface area (Å²) in [6.07, 6.45) is 2.39. The van der Waals surface area contributed by atoms with E-state index in [4.69, 9.17) is 5.73 Å². The molecule has 0 atom stereocenters. The number of carbonyl (C=O) groups is 1. The zero-order valence-electron chi connectivity index (χ0n) is 11.4. The average molecular weight is 260 g/mol. The summed E-state index contributed by atoms with van der Waals surface area (Å²) in [6, 6.07) is 5.72. The maximum absolute atomic E-state index is 11.4. The lowest BCUT2D eigenvalue weighted by Gasteiger charge is -2.08. The summed E-state index contributed by atoms with van der Waals surface area (Å²) in [5, 5.41) is 2.64. The van der Waals surface area contributed by atoms with Crippen molar-refractivity contribution in [3.05, 3.63) is 24.0 Å². The van der Waals surface area contributed by atoms with Gasteiger partial charge in [0.15, 0.2) is 0 Å². The summed E-state index contributed by atoms with van der Waals surface area (Å²) in [5.41, 5.74) is 8.45. The van der Waals surface area contributed by atoms with Gasteiger partial charge in [0.1, 0.15) is 5.82 Å². The van der Waals surface area contributed by atoms with Gasteiger partial charge in [0, 0.05) is 32.1 Å². The normalized spacial score (nSPS) is 10.8. The molecule has 102 valence electrons. The molecule has 5 nitrogen and oxygen atoms in total. The second kappa shape index (κ2) is 5.73. The molecule has 2 rings (SSSR count). The van der Waals surface area contributed by atoms with Gasteiger partial charge in [-0.1, -0.05) is 6.92 Å². The van der Waals surface area contributed by atoms with Crippen LogP contribution in [0.2, 0.25) is 0 Å². The van der Waals surface area contributed by atoms with E-state index in [2.05, 4.69) is 21.8 Å². The van der Waals surface area contributed by atoms with Crippen LogP contribution >= 0.6 is 0 Å². The first kappa shape index (κ1) is 13.4. The predicted octanol–water partition coefficient (Wildman–Crippen LogP) is 1.71. The van der Waals surface area contributed by atoms with Crippen molar-refractivity contribution in [1.29, 1.82) is 0 Å². The number of anilines is 1. The van der Waals surface area contributed by atoms with E-state index in [1.54, 1.807) is 7.05 Å². The number of aromatic nitrogens is 2. The molecule has 0 aliphatic rings. The molecule has 0 fully saturated rings. The van der Waals surface area contributed by atoms with Crippen molar-refractivity contribution >= 4 is 22.6 Å². The van der Waals surface area contributed by atoms with Crippen LogP contribution in [-0.4, -0.2) is 22.5 Å². The van der Waals surface area contributed by atoms with Crippen LogP contribution < -0.4 is 11.1 Å². The van der Waals surface area contributed by atoms with Crippen molar-refractivity contribution in [2.45, 2.75) is 32.7 Å². The number of imidazole rings is 1. The number of fused-ring (bicyclic) bond motifs is 1. The standard InChI is InChI=1S/C14H20N4O/c1-3-4-13-17-11-9-10(15)5-6-12(11)18(13)8-7-14(19)16-2/h5-6,9H,3-4,7-8,15H2,1-2H3,(H,16,19). The second-order valence-electron chi connectivity index (χ2n) is 4.60. The van der Waals surface area contributed by atoms with Crippen LogP contribution in [0.3, 0.4) is 0 Å². The average Bonchev–Trinajstić information content (AvgIpc) is 2.73. The number of nitrogens with two attached hydrogens (primary N) is 1. The highest BCUT2D eigenvalue weighted by molar-refractivity contribution is 5.80. The first-order valence-electron chi connectivity index (χ1n) is 6.61. The molecule has 1 heterocycles. The maximum atomic E-state index is 11.4. The SMILES string of the molecule is CCCc1nc2cc(N)ccc2n1CCC(=O)NC. The molecule has 0 saturated carbocycles. The van der Waals surface area contributed by atoms with Gasteiger partial charge in [0.05, 0.1) is 11.0 Å². The van der Waals surface area contributed by atoms with Crippen molar-refractivity contribution in [2.75, 3.05) is 12.8 Å². The molecule has 0 saturated heterocycles. The molecule has 2 aromatic rings. The van der Waals surface area contributed by atoms with Crippen LogP contribution in [0.4, 0.5) is 5.69 Å². The Labute approximate surface area is 112 Å². The van der Waals surface area contributed by atoms with E-state index in [-0.39, 0.29) is 5.91 Å². The minimum atomic E-state index is 0.0414. The molecular weight excluding hydrogens is 240 g/mol. The van der Waals surface area contributed by atoms with E-state index in [0.717, 1.165) is 29.7 Å². The molecule has 0 aliphatic carbocycles. The summed E-state index contributed by atoms with van der Waals surface area (Å²) in [4.78, 5) is 16.0. The molecule has 1 aromatic carbocycles. The Kier molecular flexibility index (Phi) is 4.04. The van der Waals surface area contributed by atoms with E-state index >= 15 is 0 Å². The third kappa shape index (κ3) is 2.86. The largest absolute Gasteiger partial charge is 0.399 e. The van der Waals surface area contributed by atoms with E-state index in [0.29, 0.717) is 18.7 Å². The molecule has 0 spiro atoms. The number of nitrogens with one attached hydrogen (secondary N) is 1. The van der Waals surface area contributed by atoms with Crippen LogP contribution in [0.25, 0.3) is 11.0 Å². The fourth-order valence-corrected chi connectivity index (χ4v) is 2.20. The van der Waals surface area contributed by atoms with Gasteiger partial charge in [-0.2, -0.15) is 0 Å². The fourth-order valence-electron chi connectivity index (χ4n) is 2.20. The summed E-state index contributed by atoms with van der Waals surface area (Å²) in [6.45, 7) is 2.77. The highest BCUT2D eigenvalue weighted by Gasteiger charge is 2.11. The van der Waals surface area contributed by atoms with Crippen LogP contribution in [0.1, 0.15) is 25.6 Å². The van der Waals surface area contributed by atoms with Crippen molar-refractivity contribution in [3.63, 3.8) is 0 Å². The lowest BCUT2D eigenvalue weighted by atomic mass is 10.2. The Morgan fingerprint density at radius 3 is 2.95 bits per heavy atom. The molecule has 19 heavy (non-hydrogen) atoms. The molecular formula is C14H20N4O. The maximum Gasteiger partial charge on any atom is 0.221 e. The third-order valence-electron chi connectivity index (χ3n) is 3.17. The minimum absolute atomic E-state index is 0.0414. The van der Waals surface area contributed by atoms with Crippen LogP contribution in [0.15, 0.2) is 18.2 Å². The van der Waals surface area contributed by atoms with Gasteiger partial charge < -0.3 is 15.6 Å². The molecule has 1 aromatic heterocycles. The number of amides is 1. The van der Waals surface area contributed by atoms with E-state index in [1.165, 1.54) is 0 Å². The number of nitrogen functional groups attached to an aromatic ring is 1. The van der Waals surface area contributed by atoms with Gasteiger partial charge in [-0.3, -0.25) is 4.79 Å². The zero-order chi connectivity index (χ0) is 13.8. The van der Waals surface area contributed by atoms with Crippen molar-refractivity contribution in [2.24, 2.45) is 0 Å². The Morgan fingerprint density at radius 2 is 2.26 bits per heavy atom. The predicted molar refractivity (Wildman–Crippen MR) is 76.8 cm³/mol. The first-order chi connectivity index (χ1) is 9.15. The van der Waals surface area contributed by atoms with E-state index in [1.807, 2.05) is 18.2 Å². The molecule has 0 unspecified atom stereocenters. The third-order valence-corrected chi connectivity index (χ3v) is 3.17. The van der Waals surface area contributed by atoms with Crippen LogP contribution in [-0.2, 0) is 17.8 Å². The van der Waals surface area contributed by atoms with Gasteiger partial charge >= 0.3 is 0 Å². The zero-order valence-corrected chi connectivity index (χ0v) is 11.4. The number of rotatable bonds is 5. The lowest BCUT2D eigenvalue weighted by molar-refractivity contribution is -0.120. The number of hydrogen-bond acceptors (Lipinski definition) is 3. The molecule has 0 aliphatic heterocycles. The van der Waals surface area contributed by atoms with Gasteiger partial charge in [-0.05, 0) is 24.6 Å².